The summed E-state index contributed by atoms with van der Waals surface area (Å²) >= 11 is 0. The smallest absolute Gasteiger partial charge is 0.232 e. The summed E-state index contributed by atoms with van der Waals surface area (Å²) in [7, 11) is 5.29. The molecule has 0 heterocycles. The summed E-state index contributed by atoms with van der Waals surface area (Å²) in [4.78, 5) is 13.9. The van der Waals surface area contributed by atoms with Gasteiger partial charge in [-0.1, -0.05) is 12.1 Å². The number of nitrogens with zero attached hydrogens (tertiary/aromatic N) is 1. The van der Waals surface area contributed by atoms with Gasteiger partial charge in [0.25, 0.3) is 0 Å². The van der Waals surface area contributed by atoms with Crippen molar-refractivity contribution in [1.82, 2.24) is 4.90 Å². The number of rotatable bonds is 3. The first-order valence-electron chi connectivity index (χ1n) is 5.88. The Morgan fingerprint density at radius 3 is 2.47 bits per heavy atom. The molecule has 3 heteroatoms. The van der Waals surface area contributed by atoms with E-state index in [1.165, 1.54) is 0 Å². The minimum Gasteiger partial charge on any atom is -0.496 e. The van der Waals surface area contributed by atoms with Crippen molar-refractivity contribution in [2.75, 3.05) is 21.2 Å². The fourth-order valence-electron chi connectivity index (χ4n) is 2.30. The van der Waals surface area contributed by atoms with E-state index in [0.29, 0.717) is 0 Å². The summed E-state index contributed by atoms with van der Waals surface area (Å²) in [5.41, 5.74) is 1.90. The number of hydrogen-bond donors (Lipinski definition) is 0. The molecule has 0 radical (unpaired) electrons. The lowest BCUT2D eigenvalue weighted by molar-refractivity contribution is -0.131. The van der Waals surface area contributed by atoms with E-state index in [1.807, 2.05) is 39.2 Å². The minimum atomic E-state index is -0.287. The Kier molecular flexibility index (Phi) is 2.86. The van der Waals surface area contributed by atoms with Crippen LogP contribution in [0.2, 0.25) is 0 Å². The second-order valence-electron chi connectivity index (χ2n) is 4.97. The molecule has 1 aromatic carbocycles. The molecule has 0 aliphatic heterocycles. The van der Waals surface area contributed by atoms with E-state index >= 15 is 0 Å². The molecule has 0 bridgehead atoms. The molecular formula is C14H19NO2. The van der Waals surface area contributed by atoms with Gasteiger partial charge in [0, 0.05) is 14.1 Å². The maximum absolute atomic E-state index is 12.2. The first-order chi connectivity index (χ1) is 8.01. The van der Waals surface area contributed by atoms with Crippen LogP contribution < -0.4 is 4.74 Å². The third-order valence-electron chi connectivity index (χ3n) is 3.53. The lowest BCUT2D eigenvalue weighted by atomic mass is 9.93. The summed E-state index contributed by atoms with van der Waals surface area (Å²) in [5, 5.41) is 0. The highest BCUT2D eigenvalue weighted by Gasteiger charge is 2.52. The number of ether oxygens (including phenoxy) is 1. The Labute approximate surface area is 102 Å². The largest absolute Gasteiger partial charge is 0.496 e. The van der Waals surface area contributed by atoms with Crippen molar-refractivity contribution in [2.24, 2.45) is 0 Å². The molecule has 92 valence electrons. The van der Waals surface area contributed by atoms with Crippen LogP contribution in [0.4, 0.5) is 0 Å². The Morgan fingerprint density at radius 2 is 2.00 bits per heavy atom. The van der Waals surface area contributed by atoms with Crippen LogP contribution in [0.25, 0.3) is 0 Å². The van der Waals surface area contributed by atoms with Crippen molar-refractivity contribution in [3.63, 3.8) is 0 Å². The molecule has 17 heavy (non-hydrogen) atoms. The molecule has 3 nitrogen and oxygen atoms in total. The lowest BCUT2D eigenvalue weighted by Gasteiger charge is -2.21. The Hall–Kier alpha value is -1.51. The standard InChI is InChI=1S/C14H19NO2/c1-10-5-6-11(9-12(10)17-4)14(7-8-14)13(16)15(2)3/h5-6,9H,7-8H2,1-4H3. The van der Waals surface area contributed by atoms with Crippen molar-refractivity contribution >= 4 is 5.91 Å². The summed E-state index contributed by atoms with van der Waals surface area (Å²) in [5.74, 6) is 1.06. The summed E-state index contributed by atoms with van der Waals surface area (Å²) in [6, 6.07) is 6.08. The highest BCUT2D eigenvalue weighted by Crippen LogP contribution is 2.50. The number of methoxy groups -OCH3 is 1. The monoisotopic (exact) mass is 233 g/mol. The molecule has 2 rings (SSSR count). The molecule has 1 aromatic rings. The van der Waals surface area contributed by atoms with Gasteiger partial charge < -0.3 is 9.64 Å². The summed E-state index contributed by atoms with van der Waals surface area (Å²) in [6.45, 7) is 2.01. The molecule has 0 spiro atoms. The number of carbonyl (C=O) groups is 1. The van der Waals surface area contributed by atoms with Gasteiger partial charge in [-0.05, 0) is 37.0 Å². The van der Waals surface area contributed by atoms with E-state index in [4.69, 9.17) is 4.74 Å². The molecular weight excluding hydrogens is 214 g/mol. The average molecular weight is 233 g/mol. The number of likely N-dealkylation sites (N-methyl/N-ethyl adjacent to an activating group) is 1. The van der Waals surface area contributed by atoms with E-state index in [9.17, 15) is 4.79 Å². The number of amides is 1. The van der Waals surface area contributed by atoms with Crippen LogP contribution in [0.15, 0.2) is 18.2 Å². The molecule has 0 N–H and O–H groups in total. The molecule has 1 saturated carbocycles. The van der Waals surface area contributed by atoms with E-state index in [0.717, 1.165) is 29.7 Å². The number of aryl methyl sites for hydroxylation is 1. The van der Waals surface area contributed by atoms with Crippen LogP contribution in [0.5, 0.6) is 5.75 Å². The van der Waals surface area contributed by atoms with Gasteiger partial charge in [-0.25, -0.2) is 0 Å². The molecule has 0 aromatic heterocycles. The third kappa shape index (κ3) is 1.90. The van der Waals surface area contributed by atoms with Crippen molar-refractivity contribution in [3.8, 4) is 5.75 Å². The Bertz CT molecular complexity index is 448. The number of hydrogen-bond acceptors (Lipinski definition) is 2. The van der Waals surface area contributed by atoms with Gasteiger partial charge in [0.05, 0.1) is 12.5 Å². The van der Waals surface area contributed by atoms with E-state index in [-0.39, 0.29) is 11.3 Å². The maximum atomic E-state index is 12.2. The van der Waals surface area contributed by atoms with E-state index in [2.05, 4.69) is 0 Å². The first-order valence-corrected chi connectivity index (χ1v) is 5.88. The highest BCUT2D eigenvalue weighted by molar-refractivity contribution is 5.91. The molecule has 1 aliphatic rings. The summed E-state index contributed by atoms with van der Waals surface area (Å²) in [6.07, 6.45) is 1.88. The Morgan fingerprint density at radius 1 is 1.35 bits per heavy atom. The summed E-state index contributed by atoms with van der Waals surface area (Å²) < 4.78 is 5.32. The molecule has 1 fully saturated rings. The normalized spacial score (nSPS) is 16.5. The van der Waals surface area contributed by atoms with E-state index < -0.39 is 0 Å². The predicted octanol–water partition coefficient (Wildman–Crippen LogP) is 2.12. The second kappa shape index (κ2) is 4.06. The van der Waals surface area contributed by atoms with Gasteiger partial charge in [0.1, 0.15) is 5.75 Å². The molecule has 1 amide bonds. The van der Waals surface area contributed by atoms with Crippen LogP contribution in [-0.2, 0) is 10.2 Å². The van der Waals surface area contributed by atoms with Crippen LogP contribution in [0, 0.1) is 6.92 Å². The zero-order valence-corrected chi connectivity index (χ0v) is 10.9. The zero-order chi connectivity index (χ0) is 12.6. The second-order valence-corrected chi connectivity index (χ2v) is 4.97. The average Bonchev–Trinajstić information content (AvgIpc) is 3.10. The van der Waals surface area contributed by atoms with Crippen molar-refractivity contribution in [2.45, 2.75) is 25.2 Å². The van der Waals surface area contributed by atoms with Gasteiger partial charge in [-0.2, -0.15) is 0 Å². The fourth-order valence-corrected chi connectivity index (χ4v) is 2.30. The fraction of sp³-hybridized carbons (Fsp3) is 0.500. The van der Waals surface area contributed by atoms with Gasteiger partial charge in [0.15, 0.2) is 0 Å². The maximum Gasteiger partial charge on any atom is 0.232 e. The van der Waals surface area contributed by atoms with E-state index in [1.54, 1.807) is 12.0 Å². The van der Waals surface area contributed by atoms with Gasteiger partial charge in [0.2, 0.25) is 5.91 Å². The van der Waals surface area contributed by atoms with Gasteiger partial charge in [-0.15, -0.1) is 0 Å². The third-order valence-corrected chi connectivity index (χ3v) is 3.53. The van der Waals surface area contributed by atoms with Crippen LogP contribution in [-0.4, -0.2) is 32.0 Å². The minimum absolute atomic E-state index is 0.198. The zero-order valence-electron chi connectivity index (χ0n) is 10.9. The van der Waals surface area contributed by atoms with Crippen molar-refractivity contribution in [1.29, 1.82) is 0 Å². The Balaban J connectivity index is 2.38. The van der Waals surface area contributed by atoms with Crippen LogP contribution in [0.3, 0.4) is 0 Å². The van der Waals surface area contributed by atoms with Gasteiger partial charge >= 0.3 is 0 Å². The quantitative estimate of drug-likeness (QED) is 0.800. The van der Waals surface area contributed by atoms with Crippen molar-refractivity contribution in [3.05, 3.63) is 29.3 Å². The lowest BCUT2D eigenvalue weighted by Crippen LogP contribution is -2.33. The predicted molar refractivity (Wildman–Crippen MR) is 67.3 cm³/mol. The van der Waals surface area contributed by atoms with Crippen LogP contribution in [0.1, 0.15) is 24.0 Å². The SMILES string of the molecule is COc1cc(C2(C(=O)N(C)C)CC2)ccc1C. The first kappa shape index (κ1) is 12.0. The number of benzene rings is 1. The molecule has 0 atom stereocenters. The highest BCUT2D eigenvalue weighted by atomic mass is 16.5. The molecule has 0 unspecified atom stereocenters. The molecule has 0 saturated heterocycles. The van der Waals surface area contributed by atoms with Crippen LogP contribution >= 0.6 is 0 Å². The van der Waals surface area contributed by atoms with Crippen molar-refractivity contribution < 1.29 is 9.53 Å². The van der Waals surface area contributed by atoms with Gasteiger partial charge in [-0.3, -0.25) is 4.79 Å². The topological polar surface area (TPSA) is 29.5 Å². The molecule has 1 aliphatic carbocycles. The number of carbonyl (C=O) groups excluding carboxylic acids is 1.